The summed E-state index contributed by atoms with van der Waals surface area (Å²) in [4.78, 5) is 4.36. The minimum atomic E-state index is -0.623. The molecule has 2 N–H and O–H groups in total. The number of nitriles is 1. The lowest BCUT2D eigenvalue weighted by Gasteiger charge is -2.21. The zero-order valence-corrected chi connectivity index (χ0v) is 14.6. The van der Waals surface area contributed by atoms with Gasteiger partial charge in [-0.3, -0.25) is 0 Å². The highest BCUT2D eigenvalue weighted by molar-refractivity contribution is 5.88. The van der Waals surface area contributed by atoms with Crippen molar-refractivity contribution in [2.24, 2.45) is 0 Å². The molecule has 7 heteroatoms. The first kappa shape index (κ1) is 15.3. The average Bonchev–Trinajstić information content (AvgIpc) is 3.25. The second-order valence-corrected chi connectivity index (χ2v) is 7.45. The number of oxazole rings is 1. The lowest BCUT2D eigenvalue weighted by molar-refractivity contribution is -0.0683. The van der Waals surface area contributed by atoms with E-state index in [1.54, 1.807) is 19.1 Å². The van der Waals surface area contributed by atoms with Gasteiger partial charge in [-0.15, -0.1) is 0 Å². The number of hydrogen-bond donors (Lipinski definition) is 2. The van der Waals surface area contributed by atoms with Crippen molar-refractivity contribution in [3.8, 4) is 23.5 Å². The van der Waals surface area contributed by atoms with Crippen molar-refractivity contribution in [1.82, 2.24) is 9.55 Å². The van der Waals surface area contributed by atoms with E-state index in [1.807, 2.05) is 13.8 Å². The van der Waals surface area contributed by atoms with Crippen molar-refractivity contribution in [3.05, 3.63) is 34.7 Å². The molecular weight excluding hydrogens is 334 g/mol. The number of nitrogens with zero attached hydrogens (tertiary/aromatic N) is 3. The molecule has 1 aromatic carbocycles. The van der Waals surface area contributed by atoms with E-state index >= 15 is 0 Å². The maximum Gasteiger partial charge on any atom is 0.205 e. The SMILES string of the molecule is Cc1nc2c(-n3c(O)c4c(c3O)[C@]3(C)CC[C@@]4(C)O3)ccc(C#N)c2o1. The Morgan fingerprint density at radius 3 is 2.35 bits per heavy atom. The normalized spacial score (nSPS) is 26.4. The van der Waals surface area contributed by atoms with Crippen LogP contribution in [0.25, 0.3) is 16.8 Å². The Bertz CT molecular complexity index is 1110. The summed E-state index contributed by atoms with van der Waals surface area (Å²) in [5.41, 5.74) is 1.58. The average molecular weight is 351 g/mol. The molecule has 0 unspecified atom stereocenters. The molecule has 7 nitrogen and oxygen atoms in total. The van der Waals surface area contributed by atoms with Crippen LogP contribution in [0.5, 0.6) is 11.8 Å². The maximum absolute atomic E-state index is 11.0. The molecule has 2 aliphatic rings. The predicted octanol–water partition coefficient (Wildman–Crippen LogP) is 3.46. The highest BCUT2D eigenvalue weighted by Crippen LogP contribution is 2.64. The van der Waals surface area contributed by atoms with Crippen LogP contribution in [0.3, 0.4) is 0 Å². The van der Waals surface area contributed by atoms with Gasteiger partial charge in [0.1, 0.15) is 11.6 Å². The van der Waals surface area contributed by atoms with Crippen LogP contribution in [0.1, 0.15) is 49.3 Å². The zero-order valence-electron chi connectivity index (χ0n) is 14.6. The highest BCUT2D eigenvalue weighted by Gasteiger charge is 2.59. The van der Waals surface area contributed by atoms with Gasteiger partial charge in [-0.05, 0) is 38.8 Å². The van der Waals surface area contributed by atoms with Gasteiger partial charge in [0.05, 0.1) is 33.6 Å². The Labute approximate surface area is 149 Å². The van der Waals surface area contributed by atoms with Gasteiger partial charge in [0.15, 0.2) is 11.5 Å². The fourth-order valence-corrected chi connectivity index (χ4v) is 4.57. The summed E-state index contributed by atoms with van der Waals surface area (Å²) in [6, 6.07) is 5.33. The molecular formula is C19H17N3O4. The number of aromatic hydroxyl groups is 2. The van der Waals surface area contributed by atoms with Crippen molar-refractivity contribution >= 4 is 11.1 Å². The number of hydrogen-bond acceptors (Lipinski definition) is 6. The monoisotopic (exact) mass is 351 g/mol. The third kappa shape index (κ3) is 1.58. The number of fused-ring (bicyclic) bond motifs is 6. The van der Waals surface area contributed by atoms with Crippen LogP contribution in [0.15, 0.2) is 16.5 Å². The third-order valence-electron chi connectivity index (χ3n) is 5.70. The molecule has 0 spiro atoms. The van der Waals surface area contributed by atoms with E-state index in [1.165, 1.54) is 4.57 Å². The summed E-state index contributed by atoms with van der Waals surface area (Å²) in [6.07, 6.45) is 1.55. The minimum absolute atomic E-state index is 0.0601. The summed E-state index contributed by atoms with van der Waals surface area (Å²) < 4.78 is 13.1. The largest absolute Gasteiger partial charge is 0.494 e. The van der Waals surface area contributed by atoms with Crippen LogP contribution in [0.2, 0.25) is 0 Å². The molecule has 132 valence electrons. The van der Waals surface area contributed by atoms with Crippen LogP contribution in [0.4, 0.5) is 0 Å². The minimum Gasteiger partial charge on any atom is -0.494 e. The van der Waals surface area contributed by atoms with Crippen LogP contribution in [-0.2, 0) is 15.9 Å². The lowest BCUT2D eigenvalue weighted by Crippen LogP contribution is -2.17. The fraction of sp³-hybridized carbons (Fsp3) is 0.368. The second kappa shape index (κ2) is 4.40. The standard InChI is InChI=1S/C19H17N3O4/c1-9-21-14-11(5-4-10(8-20)15(14)25-9)22-16(23)12-13(17(22)24)19(3)7-6-18(12,2)26-19/h4-5,23-24H,6-7H2,1-3H3/t18-,19+. The molecule has 2 atom stereocenters. The van der Waals surface area contributed by atoms with Gasteiger partial charge in [0, 0.05) is 6.92 Å². The van der Waals surface area contributed by atoms with Crippen molar-refractivity contribution < 1.29 is 19.4 Å². The van der Waals surface area contributed by atoms with E-state index in [-0.39, 0.29) is 11.8 Å². The molecule has 26 heavy (non-hydrogen) atoms. The number of ether oxygens (including phenoxy) is 1. The van der Waals surface area contributed by atoms with Gasteiger partial charge in [0.25, 0.3) is 0 Å². The van der Waals surface area contributed by atoms with Crippen LogP contribution in [0, 0.1) is 18.3 Å². The van der Waals surface area contributed by atoms with E-state index in [9.17, 15) is 15.5 Å². The van der Waals surface area contributed by atoms with Gasteiger partial charge in [0.2, 0.25) is 11.8 Å². The van der Waals surface area contributed by atoms with E-state index in [0.717, 1.165) is 12.8 Å². The zero-order chi connectivity index (χ0) is 18.4. The van der Waals surface area contributed by atoms with E-state index in [4.69, 9.17) is 9.15 Å². The lowest BCUT2D eigenvalue weighted by atomic mass is 9.80. The second-order valence-electron chi connectivity index (χ2n) is 7.45. The van der Waals surface area contributed by atoms with Gasteiger partial charge >= 0.3 is 0 Å². The quantitative estimate of drug-likeness (QED) is 0.696. The van der Waals surface area contributed by atoms with Crippen LogP contribution in [-0.4, -0.2) is 19.8 Å². The summed E-state index contributed by atoms with van der Waals surface area (Å²) in [7, 11) is 0. The molecule has 2 aliphatic heterocycles. The number of rotatable bonds is 1. The Kier molecular flexibility index (Phi) is 2.59. The Morgan fingerprint density at radius 1 is 1.15 bits per heavy atom. The third-order valence-corrected chi connectivity index (χ3v) is 5.70. The molecule has 0 aliphatic carbocycles. The number of benzene rings is 1. The first-order valence-corrected chi connectivity index (χ1v) is 8.47. The Hall–Kier alpha value is -2.98. The molecule has 2 aromatic heterocycles. The van der Waals surface area contributed by atoms with Gasteiger partial charge in [-0.2, -0.15) is 5.26 Å². The number of aromatic nitrogens is 2. The molecule has 4 heterocycles. The molecule has 1 saturated heterocycles. The predicted molar refractivity (Wildman–Crippen MR) is 91.1 cm³/mol. The fourth-order valence-electron chi connectivity index (χ4n) is 4.57. The van der Waals surface area contributed by atoms with E-state index < -0.39 is 11.2 Å². The maximum atomic E-state index is 11.0. The van der Waals surface area contributed by atoms with Crippen molar-refractivity contribution in [2.75, 3.05) is 0 Å². The molecule has 1 fully saturated rings. The smallest absolute Gasteiger partial charge is 0.205 e. The molecule has 0 amide bonds. The van der Waals surface area contributed by atoms with Crippen LogP contribution < -0.4 is 0 Å². The molecule has 3 aromatic rings. The Morgan fingerprint density at radius 2 is 1.77 bits per heavy atom. The van der Waals surface area contributed by atoms with Gasteiger partial charge in [-0.1, -0.05) is 0 Å². The molecule has 0 radical (unpaired) electrons. The van der Waals surface area contributed by atoms with Crippen molar-refractivity contribution in [1.29, 1.82) is 5.26 Å². The molecule has 0 saturated carbocycles. The summed E-state index contributed by atoms with van der Waals surface area (Å²) in [6.45, 7) is 5.56. The number of aryl methyl sites for hydroxylation is 1. The van der Waals surface area contributed by atoms with Crippen molar-refractivity contribution in [3.63, 3.8) is 0 Å². The summed E-state index contributed by atoms with van der Waals surface area (Å²) in [5.74, 6) is 0.287. The van der Waals surface area contributed by atoms with Gasteiger partial charge in [-0.25, -0.2) is 9.55 Å². The molecule has 5 rings (SSSR count). The first-order valence-electron chi connectivity index (χ1n) is 8.47. The first-order chi connectivity index (χ1) is 12.3. The van der Waals surface area contributed by atoms with Crippen molar-refractivity contribution in [2.45, 2.75) is 44.8 Å². The summed E-state index contributed by atoms with van der Waals surface area (Å²) in [5, 5.41) is 31.3. The summed E-state index contributed by atoms with van der Waals surface area (Å²) >= 11 is 0. The van der Waals surface area contributed by atoms with E-state index in [0.29, 0.717) is 39.4 Å². The molecule has 2 bridgehead atoms. The van der Waals surface area contributed by atoms with Crippen LogP contribution >= 0.6 is 0 Å². The van der Waals surface area contributed by atoms with E-state index in [2.05, 4.69) is 11.1 Å². The topological polar surface area (TPSA) is 104 Å². The Balaban J connectivity index is 1.86. The van der Waals surface area contributed by atoms with Gasteiger partial charge < -0.3 is 19.4 Å². The highest BCUT2D eigenvalue weighted by atomic mass is 16.5.